The Labute approximate surface area is 99.0 Å². The van der Waals surface area contributed by atoms with Crippen LogP contribution in [0.2, 0.25) is 0 Å². The second kappa shape index (κ2) is 4.82. The van der Waals surface area contributed by atoms with Gasteiger partial charge in [-0.15, -0.1) is 0 Å². The summed E-state index contributed by atoms with van der Waals surface area (Å²) in [6.45, 7) is 4.22. The largest absolute Gasteiger partial charge is 0.481 e. The highest BCUT2D eigenvalue weighted by atomic mass is 16.5. The first-order chi connectivity index (χ1) is 8.17. The number of aromatic nitrogens is 3. The third-order valence-corrected chi connectivity index (χ3v) is 2.14. The summed E-state index contributed by atoms with van der Waals surface area (Å²) < 4.78 is 10.2. The van der Waals surface area contributed by atoms with Gasteiger partial charge in [-0.1, -0.05) is 5.16 Å². The molecule has 0 atom stereocenters. The van der Waals surface area contributed by atoms with E-state index in [2.05, 4.69) is 20.4 Å². The maximum atomic E-state index is 5.09. The lowest BCUT2D eigenvalue weighted by molar-refractivity contribution is 0.383. The van der Waals surface area contributed by atoms with Crippen LogP contribution in [0.4, 0.5) is 5.82 Å². The molecule has 0 saturated carbocycles. The number of hydrogen-bond acceptors (Lipinski definition) is 6. The molecular weight excluding hydrogens is 220 g/mol. The minimum Gasteiger partial charge on any atom is -0.481 e. The summed E-state index contributed by atoms with van der Waals surface area (Å²) in [6, 6.07) is 3.61. The first-order valence-corrected chi connectivity index (χ1v) is 5.23. The number of nitrogens with one attached hydrogen (secondary N) is 1. The third-order valence-electron chi connectivity index (χ3n) is 2.14. The quantitative estimate of drug-likeness (QED) is 0.868. The van der Waals surface area contributed by atoms with Crippen LogP contribution < -0.4 is 10.1 Å². The minimum atomic E-state index is 0.528. The second-order valence-electron chi connectivity index (χ2n) is 3.63. The van der Waals surface area contributed by atoms with E-state index in [-0.39, 0.29) is 0 Å². The van der Waals surface area contributed by atoms with Gasteiger partial charge in [-0.2, -0.15) is 4.98 Å². The monoisotopic (exact) mass is 234 g/mol. The summed E-state index contributed by atoms with van der Waals surface area (Å²) in [6.07, 6.45) is 0. The lowest BCUT2D eigenvalue weighted by atomic mass is 10.4. The molecule has 0 fully saturated rings. The minimum absolute atomic E-state index is 0.528. The van der Waals surface area contributed by atoms with E-state index in [4.69, 9.17) is 9.26 Å². The highest BCUT2D eigenvalue weighted by molar-refractivity contribution is 5.38. The highest BCUT2D eigenvalue weighted by Crippen LogP contribution is 2.13. The standard InChI is InChI=1S/C11H14N4O2/c1-7-4-9(17-15-7)6-12-10-5-11(16-3)14-8(2)13-10/h4-5H,6H2,1-3H3,(H,12,13,14). The Morgan fingerprint density at radius 2 is 2.12 bits per heavy atom. The first kappa shape index (κ1) is 11.4. The van der Waals surface area contributed by atoms with E-state index >= 15 is 0 Å². The summed E-state index contributed by atoms with van der Waals surface area (Å²) >= 11 is 0. The third kappa shape index (κ3) is 2.93. The van der Waals surface area contributed by atoms with Crippen LogP contribution in [0, 0.1) is 13.8 Å². The number of anilines is 1. The Morgan fingerprint density at radius 1 is 1.29 bits per heavy atom. The number of ether oxygens (including phenoxy) is 1. The van der Waals surface area contributed by atoms with Crippen molar-refractivity contribution >= 4 is 5.82 Å². The first-order valence-electron chi connectivity index (χ1n) is 5.23. The molecule has 0 aliphatic carbocycles. The molecule has 2 aromatic rings. The van der Waals surface area contributed by atoms with Crippen molar-refractivity contribution in [1.82, 2.24) is 15.1 Å². The Bertz CT molecular complexity index is 510. The molecule has 0 unspecified atom stereocenters. The molecule has 0 amide bonds. The van der Waals surface area contributed by atoms with Crippen molar-refractivity contribution in [3.05, 3.63) is 29.4 Å². The molecule has 0 bridgehead atoms. The van der Waals surface area contributed by atoms with Gasteiger partial charge in [0.15, 0.2) is 5.76 Å². The molecule has 0 spiro atoms. The van der Waals surface area contributed by atoms with Gasteiger partial charge < -0.3 is 14.6 Å². The molecule has 1 N–H and O–H groups in total. The Morgan fingerprint density at radius 3 is 2.76 bits per heavy atom. The smallest absolute Gasteiger partial charge is 0.218 e. The number of rotatable bonds is 4. The van der Waals surface area contributed by atoms with Crippen molar-refractivity contribution < 1.29 is 9.26 Å². The Kier molecular flexibility index (Phi) is 3.22. The van der Waals surface area contributed by atoms with Gasteiger partial charge in [0.2, 0.25) is 5.88 Å². The van der Waals surface area contributed by atoms with Crippen LogP contribution in [0.3, 0.4) is 0 Å². The fourth-order valence-corrected chi connectivity index (χ4v) is 1.41. The molecule has 2 heterocycles. The zero-order valence-corrected chi connectivity index (χ0v) is 10.0. The predicted octanol–water partition coefficient (Wildman–Crippen LogP) is 1.70. The summed E-state index contributed by atoms with van der Waals surface area (Å²) in [4.78, 5) is 8.34. The summed E-state index contributed by atoms with van der Waals surface area (Å²) in [5.41, 5.74) is 0.859. The molecular formula is C11H14N4O2. The molecule has 17 heavy (non-hydrogen) atoms. The topological polar surface area (TPSA) is 73.1 Å². The lowest BCUT2D eigenvalue weighted by Gasteiger charge is -2.06. The number of hydrogen-bond donors (Lipinski definition) is 1. The van der Waals surface area contributed by atoms with E-state index in [1.807, 2.05) is 19.9 Å². The Hall–Kier alpha value is -2.11. The fraction of sp³-hybridized carbons (Fsp3) is 0.364. The molecule has 90 valence electrons. The van der Waals surface area contributed by atoms with Crippen molar-refractivity contribution in [1.29, 1.82) is 0 Å². The molecule has 0 saturated heterocycles. The van der Waals surface area contributed by atoms with Crippen molar-refractivity contribution in [2.24, 2.45) is 0 Å². The molecule has 6 nitrogen and oxygen atoms in total. The predicted molar refractivity (Wildman–Crippen MR) is 61.9 cm³/mol. The van der Waals surface area contributed by atoms with Crippen LogP contribution in [-0.4, -0.2) is 22.2 Å². The van der Waals surface area contributed by atoms with Crippen LogP contribution in [0.1, 0.15) is 17.3 Å². The maximum Gasteiger partial charge on any atom is 0.218 e. The van der Waals surface area contributed by atoms with Crippen molar-refractivity contribution in [2.45, 2.75) is 20.4 Å². The summed E-state index contributed by atoms with van der Waals surface area (Å²) in [5, 5.41) is 6.93. The second-order valence-corrected chi connectivity index (χ2v) is 3.63. The van der Waals surface area contributed by atoms with Crippen LogP contribution >= 0.6 is 0 Å². The van der Waals surface area contributed by atoms with Crippen LogP contribution in [0.25, 0.3) is 0 Å². The SMILES string of the molecule is COc1cc(NCc2cc(C)no2)nc(C)n1. The summed E-state index contributed by atoms with van der Waals surface area (Å²) in [7, 11) is 1.57. The van der Waals surface area contributed by atoms with Gasteiger partial charge in [0, 0.05) is 12.1 Å². The Balaban J connectivity index is 2.05. The van der Waals surface area contributed by atoms with Crippen LogP contribution in [-0.2, 0) is 6.54 Å². The van der Waals surface area contributed by atoms with Gasteiger partial charge in [-0.05, 0) is 13.8 Å². The molecule has 0 radical (unpaired) electrons. The van der Waals surface area contributed by atoms with E-state index in [0.29, 0.717) is 24.1 Å². The summed E-state index contributed by atoms with van der Waals surface area (Å²) in [5.74, 6) is 2.65. The van der Waals surface area contributed by atoms with Crippen molar-refractivity contribution in [3.63, 3.8) is 0 Å². The van der Waals surface area contributed by atoms with Gasteiger partial charge in [0.1, 0.15) is 11.6 Å². The molecule has 6 heteroatoms. The van der Waals surface area contributed by atoms with Gasteiger partial charge in [-0.3, -0.25) is 0 Å². The molecule has 2 aromatic heterocycles. The average molecular weight is 234 g/mol. The number of aryl methyl sites for hydroxylation is 2. The van der Waals surface area contributed by atoms with Gasteiger partial charge in [0.25, 0.3) is 0 Å². The zero-order chi connectivity index (χ0) is 12.3. The van der Waals surface area contributed by atoms with Crippen molar-refractivity contribution in [2.75, 3.05) is 12.4 Å². The lowest BCUT2D eigenvalue weighted by Crippen LogP contribution is -2.03. The number of nitrogens with zero attached hydrogens (tertiary/aromatic N) is 3. The van der Waals surface area contributed by atoms with Gasteiger partial charge in [-0.25, -0.2) is 4.98 Å². The normalized spacial score (nSPS) is 10.3. The molecule has 0 aliphatic rings. The van der Waals surface area contributed by atoms with Gasteiger partial charge >= 0.3 is 0 Å². The van der Waals surface area contributed by atoms with E-state index < -0.39 is 0 Å². The molecule has 2 rings (SSSR count). The zero-order valence-electron chi connectivity index (χ0n) is 10.0. The van der Waals surface area contributed by atoms with E-state index in [0.717, 1.165) is 11.5 Å². The van der Waals surface area contributed by atoms with E-state index in [1.165, 1.54) is 0 Å². The highest BCUT2D eigenvalue weighted by Gasteiger charge is 2.04. The van der Waals surface area contributed by atoms with Crippen LogP contribution in [0.5, 0.6) is 5.88 Å². The number of methoxy groups -OCH3 is 1. The van der Waals surface area contributed by atoms with E-state index in [1.54, 1.807) is 13.2 Å². The maximum absolute atomic E-state index is 5.09. The average Bonchev–Trinajstić information content (AvgIpc) is 2.72. The van der Waals surface area contributed by atoms with Gasteiger partial charge in [0.05, 0.1) is 19.3 Å². The molecule has 0 aromatic carbocycles. The fourth-order valence-electron chi connectivity index (χ4n) is 1.41. The molecule has 0 aliphatic heterocycles. The van der Waals surface area contributed by atoms with Crippen LogP contribution in [0.15, 0.2) is 16.7 Å². The van der Waals surface area contributed by atoms with E-state index in [9.17, 15) is 0 Å². The van der Waals surface area contributed by atoms with Crippen molar-refractivity contribution in [3.8, 4) is 5.88 Å².